The minimum absolute atomic E-state index is 0.168. The van der Waals surface area contributed by atoms with Crippen LogP contribution in [0.15, 0.2) is 28.3 Å². The van der Waals surface area contributed by atoms with Gasteiger partial charge < -0.3 is 4.57 Å². The van der Waals surface area contributed by atoms with Crippen LogP contribution in [0.4, 0.5) is 0 Å². The van der Waals surface area contributed by atoms with E-state index in [-0.39, 0.29) is 16.6 Å². The largest absolute Gasteiger partial charge is 0.336 e. The van der Waals surface area contributed by atoms with Gasteiger partial charge in [-0.2, -0.15) is 0 Å². The van der Waals surface area contributed by atoms with Crippen molar-refractivity contribution in [2.24, 2.45) is 0 Å². The second kappa shape index (κ2) is 5.89. The summed E-state index contributed by atoms with van der Waals surface area (Å²) in [5.41, 5.74) is -0.137. The van der Waals surface area contributed by atoms with Gasteiger partial charge in [0, 0.05) is 25.5 Å². The molecule has 0 bridgehead atoms. The summed E-state index contributed by atoms with van der Waals surface area (Å²) in [6.45, 7) is 0.830. The molecule has 1 N–H and O–H groups in total. The van der Waals surface area contributed by atoms with Crippen molar-refractivity contribution in [2.45, 2.75) is 44.7 Å². The number of imidazole rings is 1. The number of nitrogens with one attached hydrogen (secondary N) is 1. The fourth-order valence-electron chi connectivity index (χ4n) is 2.97. The van der Waals surface area contributed by atoms with Crippen molar-refractivity contribution in [1.82, 2.24) is 19.1 Å². The number of H-pyrrole nitrogens is 1. The van der Waals surface area contributed by atoms with Crippen LogP contribution in [0.5, 0.6) is 0 Å². The highest BCUT2D eigenvalue weighted by atomic mass is 35.5. The number of halogens is 1. The standard InChI is InChI=1S/C14H17ClN4O2/c15-12-11(10-3-1-2-4-10)13(20)19(14(21)17-12)8-7-18-6-5-16-9-18/h5-6,9-10H,1-4,7-8H2,(H,17,21). The van der Waals surface area contributed by atoms with Crippen LogP contribution in [0.1, 0.15) is 37.2 Å². The number of rotatable bonds is 4. The summed E-state index contributed by atoms with van der Waals surface area (Å²) >= 11 is 6.10. The van der Waals surface area contributed by atoms with Gasteiger partial charge in [-0.25, -0.2) is 9.78 Å². The van der Waals surface area contributed by atoms with E-state index in [0.29, 0.717) is 18.7 Å². The number of aryl methyl sites for hydroxylation is 1. The highest BCUT2D eigenvalue weighted by Gasteiger charge is 2.24. The van der Waals surface area contributed by atoms with Crippen LogP contribution in [0.25, 0.3) is 0 Å². The van der Waals surface area contributed by atoms with Crippen molar-refractivity contribution >= 4 is 11.6 Å². The zero-order valence-corrected chi connectivity index (χ0v) is 12.3. The molecule has 0 aliphatic heterocycles. The number of hydrogen-bond donors (Lipinski definition) is 1. The first-order valence-electron chi connectivity index (χ1n) is 7.15. The van der Waals surface area contributed by atoms with Gasteiger partial charge in [0.2, 0.25) is 0 Å². The molecule has 0 aromatic carbocycles. The Balaban J connectivity index is 1.94. The molecule has 2 aromatic heterocycles. The summed E-state index contributed by atoms with van der Waals surface area (Å²) in [6, 6.07) is 0. The van der Waals surface area contributed by atoms with Gasteiger partial charge in [-0.05, 0) is 18.8 Å². The summed E-state index contributed by atoms with van der Waals surface area (Å²) in [5.74, 6) is 0.168. The fourth-order valence-corrected chi connectivity index (χ4v) is 3.28. The van der Waals surface area contributed by atoms with Gasteiger partial charge in [0.05, 0.1) is 11.9 Å². The smallest absolute Gasteiger partial charge is 0.329 e. The summed E-state index contributed by atoms with van der Waals surface area (Å²) in [6.07, 6.45) is 9.26. The zero-order valence-electron chi connectivity index (χ0n) is 11.6. The van der Waals surface area contributed by atoms with Crippen molar-refractivity contribution in [2.75, 3.05) is 0 Å². The first-order chi connectivity index (χ1) is 10.2. The molecule has 1 saturated carbocycles. The minimum Gasteiger partial charge on any atom is -0.336 e. The van der Waals surface area contributed by atoms with Crippen molar-refractivity contribution in [3.05, 3.63) is 50.3 Å². The second-order valence-electron chi connectivity index (χ2n) is 5.40. The van der Waals surface area contributed by atoms with Crippen molar-refractivity contribution in [3.8, 4) is 0 Å². The minimum atomic E-state index is -0.452. The Bertz CT molecular complexity index is 726. The van der Waals surface area contributed by atoms with Crippen LogP contribution >= 0.6 is 11.6 Å². The third kappa shape index (κ3) is 2.81. The molecular weight excluding hydrogens is 292 g/mol. The van der Waals surface area contributed by atoms with E-state index in [1.165, 1.54) is 4.57 Å². The van der Waals surface area contributed by atoms with E-state index in [2.05, 4.69) is 9.97 Å². The Morgan fingerprint density at radius 2 is 2.05 bits per heavy atom. The molecule has 0 saturated heterocycles. The van der Waals surface area contributed by atoms with Crippen LogP contribution in [0, 0.1) is 0 Å². The molecule has 2 heterocycles. The van der Waals surface area contributed by atoms with Gasteiger partial charge in [0.15, 0.2) is 0 Å². The van der Waals surface area contributed by atoms with Gasteiger partial charge in [-0.3, -0.25) is 14.3 Å². The van der Waals surface area contributed by atoms with E-state index < -0.39 is 5.69 Å². The van der Waals surface area contributed by atoms with Crippen molar-refractivity contribution in [3.63, 3.8) is 0 Å². The molecule has 6 nitrogen and oxygen atoms in total. The fraction of sp³-hybridized carbons (Fsp3) is 0.500. The van der Waals surface area contributed by atoms with Gasteiger partial charge in [0.25, 0.3) is 5.56 Å². The average Bonchev–Trinajstić information content (AvgIpc) is 3.10. The molecule has 1 aliphatic carbocycles. The van der Waals surface area contributed by atoms with E-state index in [9.17, 15) is 9.59 Å². The normalized spacial score (nSPS) is 15.7. The first-order valence-corrected chi connectivity index (χ1v) is 7.53. The highest BCUT2D eigenvalue weighted by molar-refractivity contribution is 6.30. The lowest BCUT2D eigenvalue weighted by molar-refractivity contribution is 0.532. The first kappa shape index (κ1) is 14.1. The van der Waals surface area contributed by atoms with Crippen molar-refractivity contribution < 1.29 is 0 Å². The third-order valence-corrected chi connectivity index (χ3v) is 4.38. The molecule has 0 amide bonds. The van der Waals surface area contributed by atoms with E-state index in [1.54, 1.807) is 18.7 Å². The van der Waals surface area contributed by atoms with E-state index >= 15 is 0 Å². The summed E-state index contributed by atoms with van der Waals surface area (Å²) < 4.78 is 3.06. The topological polar surface area (TPSA) is 72.7 Å². The van der Waals surface area contributed by atoms with Crippen LogP contribution < -0.4 is 11.2 Å². The van der Waals surface area contributed by atoms with Gasteiger partial charge >= 0.3 is 5.69 Å². The molecule has 2 aromatic rings. The maximum Gasteiger partial charge on any atom is 0.329 e. The van der Waals surface area contributed by atoms with E-state index in [0.717, 1.165) is 25.7 Å². The van der Waals surface area contributed by atoms with Crippen LogP contribution in [-0.2, 0) is 13.1 Å². The Labute approximate surface area is 126 Å². The monoisotopic (exact) mass is 308 g/mol. The lowest BCUT2D eigenvalue weighted by Gasteiger charge is -2.13. The maximum absolute atomic E-state index is 12.6. The lowest BCUT2D eigenvalue weighted by Crippen LogP contribution is -2.39. The zero-order chi connectivity index (χ0) is 14.8. The van der Waals surface area contributed by atoms with Crippen molar-refractivity contribution in [1.29, 1.82) is 0 Å². The SMILES string of the molecule is O=c1[nH]c(Cl)c(C2CCCC2)c(=O)n1CCn1ccnc1. The van der Waals surface area contributed by atoms with Crippen LogP contribution in [0.2, 0.25) is 5.15 Å². The number of nitrogens with zero attached hydrogens (tertiary/aromatic N) is 3. The van der Waals surface area contributed by atoms with E-state index in [4.69, 9.17) is 11.6 Å². The quantitative estimate of drug-likeness (QED) is 0.875. The Morgan fingerprint density at radius 3 is 2.71 bits per heavy atom. The predicted octanol–water partition coefficient (Wildman–Crippen LogP) is 1.74. The predicted molar refractivity (Wildman–Crippen MR) is 79.8 cm³/mol. The molecule has 1 fully saturated rings. The molecule has 3 rings (SSSR count). The van der Waals surface area contributed by atoms with E-state index in [1.807, 2.05) is 4.57 Å². The van der Waals surface area contributed by atoms with Gasteiger partial charge in [-0.1, -0.05) is 24.4 Å². The average molecular weight is 309 g/mol. The Kier molecular flexibility index (Phi) is 3.96. The molecule has 0 radical (unpaired) electrons. The molecule has 112 valence electrons. The highest BCUT2D eigenvalue weighted by Crippen LogP contribution is 2.34. The Morgan fingerprint density at radius 1 is 1.29 bits per heavy atom. The molecule has 1 aliphatic rings. The van der Waals surface area contributed by atoms with Gasteiger partial charge in [-0.15, -0.1) is 0 Å². The summed E-state index contributed by atoms with van der Waals surface area (Å²) in [7, 11) is 0. The molecule has 0 spiro atoms. The number of hydrogen-bond acceptors (Lipinski definition) is 3. The lowest BCUT2D eigenvalue weighted by atomic mass is 10.0. The van der Waals surface area contributed by atoms with Gasteiger partial charge in [0.1, 0.15) is 5.15 Å². The van der Waals surface area contributed by atoms with Crippen LogP contribution in [-0.4, -0.2) is 19.1 Å². The number of aromatic amines is 1. The molecular formula is C14H17ClN4O2. The summed E-state index contributed by atoms with van der Waals surface area (Å²) in [5, 5.41) is 0.204. The Hall–Kier alpha value is -1.82. The third-order valence-electron chi connectivity index (χ3n) is 4.08. The molecule has 7 heteroatoms. The number of aromatic nitrogens is 4. The molecule has 0 unspecified atom stereocenters. The van der Waals surface area contributed by atoms with Crippen LogP contribution in [0.3, 0.4) is 0 Å². The molecule has 21 heavy (non-hydrogen) atoms. The summed E-state index contributed by atoms with van der Waals surface area (Å²) in [4.78, 5) is 31.1. The second-order valence-corrected chi connectivity index (χ2v) is 5.77. The molecule has 0 atom stereocenters. The maximum atomic E-state index is 12.6.